The summed E-state index contributed by atoms with van der Waals surface area (Å²) in [4.78, 5) is 7.98. The van der Waals surface area contributed by atoms with Crippen LogP contribution in [-0.4, -0.2) is 14.4 Å². The number of hydrogen-bond acceptors (Lipinski definition) is 2. The molecule has 2 aromatic rings. The molecule has 56 valence electrons. The van der Waals surface area contributed by atoms with Crippen molar-refractivity contribution in [2.45, 2.75) is 0 Å². The second-order valence-corrected chi connectivity index (χ2v) is 3.46. The molecule has 2 rings (SSSR count). The zero-order valence-electron chi connectivity index (χ0n) is 5.33. The van der Waals surface area contributed by atoms with Gasteiger partial charge in [-0.15, -0.1) is 0 Å². The van der Waals surface area contributed by atoms with Gasteiger partial charge in [-0.05, 0) is 22.6 Å². The fraction of sp³-hybridized carbons (Fsp3) is 0. The van der Waals surface area contributed by atoms with E-state index in [9.17, 15) is 0 Å². The van der Waals surface area contributed by atoms with E-state index in [0.29, 0.717) is 10.8 Å². The molecule has 0 aromatic carbocycles. The maximum Gasteiger partial charge on any atom is 0.175 e. The topological polar surface area (TPSA) is 30.2 Å². The zero-order chi connectivity index (χ0) is 7.84. The number of imidazole rings is 1. The molecular weight excluding hydrogens is 276 g/mol. The van der Waals surface area contributed by atoms with E-state index in [1.165, 1.54) is 0 Å². The third kappa shape index (κ3) is 1.10. The van der Waals surface area contributed by atoms with Crippen LogP contribution in [-0.2, 0) is 0 Å². The van der Waals surface area contributed by atoms with Crippen LogP contribution in [0.1, 0.15) is 0 Å². The van der Waals surface area contributed by atoms with E-state index in [1.54, 1.807) is 12.4 Å². The van der Waals surface area contributed by atoms with Gasteiger partial charge >= 0.3 is 0 Å². The smallest absolute Gasteiger partial charge is 0.175 e. The predicted molar refractivity (Wildman–Crippen MR) is 50.7 cm³/mol. The molecule has 0 aliphatic carbocycles. The third-order valence-corrected chi connectivity index (χ3v) is 2.40. The first-order valence-corrected chi connectivity index (χ1v) is 4.38. The fourth-order valence-corrected chi connectivity index (χ4v) is 1.58. The molecule has 2 aromatic heterocycles. The summed E-state index contributed by atoms with van der Waals surface area (Å²) < 4.78 is 2.91. The van der Waals surface area contributed by atoms with Gasteiger partial charge in [-0.1, -0.05) is 11.6 Å². The van der Waals surface area contributed by atoms with E-state index in [1.807, 2.05) is 10.6 Å². The lowest BCUT2D eigenvalue weighted by atomic mass is 10.7. The number of fused-ring (bicyclic) bond motifs is 1. The summed E-state index contributed by atoms with van der Waals surface area (Å²) in [5.41, 5.74) is 0.707. The summed E-state index contributed by atoms with van der Waals surface area (Å²) in [5.74, 6) is 0. The average molecular weight is 279 g/mol. The molecule has 0 fully saturated rings. The van der Waals surface area contributed by atoms with Crippen molar-refractivity contribution in [1.29, 1.82) is 0 Å². The van der Waals surface area contributed by atoms with Gasteiger partial charge in [-0.2, -0.15) is 0 Å². The minimum atomic E-state index is 0.440. The Bertz CT molecular complexity index is 398. The Kier molecular flexibility index (Phi) is 1.72. The molecule has 0 amide bonds. The molecule has 5 heteroatoms. The number of rotatable bonds is 0. The van der Waals surface area contributed by atoms with Gasteiger partial charge in [0.25, 0.3) is 0 Å². The second kappa shape index (κ2) is 2.60. The van der Waals surface area contributed by atoms with Crippen LogP contribution in [0.4, 0.5) is 0 Å². The normalized spacial score (nSPS) is 10.7. The SMILES string of the molecule is Clc1nccn2c(I)cnc12. The van der Waals surface area contributed by atoms with Crippen LogP contribution in [0.5, 0.6) is 0 Å². The molecule has 2 heterocycles. The highest BCUT2D eigenvalue weighted by molar-refractivity contribution is 14.1. The first-order valence-electron chi connectivity index (χ1n) is 2.92. The fourth-order valence-electron chi connectivity index (χ4n) is 0.858. The number of nitrogens with zero attached hydrogens (tertiary/aromatic N) is 3. The predicted octanol–water partition coefficient (Wildman–Crippen LogP) is 1.99. The van der Waals surface area contributed by atoms with Crippen molar-refractivity contribution in [2.24, 2.45) is 0 Å². The molecule has 0 unspecified atom stereocenters. The summed E-state index contributed by atoms with van der Waals surface area (Å²) in [6.07, 6.45) is 5.23. The Labute approximate surface area is 81.6 Å². The van der Waals surface area contributed by atoms with Gasteiger partial charge in [0, 0.05) is 12.4 Å². The van der Waals surface area contributed by atoms with Crippen molar-refractivity contribution in [3.8, 4) is 0 Å². The monoisotopic (exact) mass is 279 g/mol. The highest BCUT2D eigenvalue weighted by Crippen LogP contribution is 2.14. The van der Waals surface area contributed by atoms with E-state index in [0.717, 1.165) is 3.70 Å². The summed E-state index contributed by atoms with van der Waals surface area (Å²) in [6, 6.07) is 0. The first-order chi connectivity index (χ1) is 5.29. The van der Waals surface area contributed by atoms with Crippen LogP contribution >= 0.6 is 34.2 Å². The molecule has 0 N–H and O–H groups in total. The molecule has 0 atom stereocenters. The van der Waals surface area contributed by atoms with Crippen LogP contribution in [0.3, 0.4) is 0 Å². The number of hydrogen-bond donors (Lipinski definition) is 0. The lowest BCUT2D eigenvalue weighted by Crippen LogP contribution is -1.88. The molecule has 0 aliphatic heterocycles. The molecule has 0 radical (unpaired) electrons. The van der Waals surface area contributed by atoms with Crippen LogP contribution < -0.4 is 0 Å². The van der Waals surface area contributed by atoms with Crippen molar-refractivity contribution in [3.05, 3.63) is 27.4 Å². The van der Waals surface area contributed by atoms with Gasteiger partial charge in [-0.25, -0.2) is 9.97 Å². The molecule has 0 aliphatic rings. The molecule has 0 saturated carbocycles. The zero-order valence-corrected chi connectivity index (χ0v) is 8.24. The molecule has 11 heavy (non-hydrogen) atoms. The molecule has 3 nitrogen and oxygen atoms in total. The lowest BCUT2D eigenvalue weighted by Gasteiger charge is -1.93. The Balaban J connectivity index is 2.94. The Morgan fingerprint density at radius 1 is 1.45 bits per heavy atom. The van der Waals surface area contributed by atoms with Crippen LogP contribution in [0.2, 0.25) is 5.15 Å². The van der Waals surface area contributed by atoms with Gasteiger partial charge < -0.3 is 0 Å². The molecule has 0 saturated heterocycles. The summed E-state index contributed by atoms with van der Waals surface area (Å²) in [7, 11) is 0. The maximum atomic E-state index is 5.77. The van der Waals surface area contributed by atoms with Crippen molar-refractivity contribution < 1.29 is 0 Å². The van der Waals surface area contributed by atoms with Crippen molar-refractivity contribution in [3.63, 3.8) is 0 Å². The van der Waals surface area contributed by atoms with Gasteiger partial charge in [-0.3, -0.25) is 4.40 Å². The highest BCUT2D eigenvalue weighted by Gasteiger charge is 2.02. The first kappa shape index (κ1) is 7.30. The minimum absolute atomic E-state index is 0.440. The van der Waals surface area contributed by atoms with E-state index in [2.05, 4.69) is 32.6 Å². The molecule has 0 spiro atoms. The summed E-state index contributed by atoms with van der Waals surface area (Å²) in [6.45, 7) is 0. The van der Waals surface area contributed by atoms with Crippen LogP contribution in [0.25, 0.3) is 5.65 Å². The van der Waals surface area contributed by atoms with E-state index in [-0.39, 0.29) is 0 Å². The number of aromatic nitrogens is 3. The molecular formula is C6H3ClIN3. The van der Waals surface area contributed by atoms with Crippen LogP contribution in [0.15, 0.2) is 18.6 Å². The van der Waals surface area contributed by atoms with Gasteiger partial charge in [0.2, 0.25) is 0 Å². The van der Waals surface area contributed by atoms with E-state index in [4.69, 9.17) is 11.6 Å². The number of halogens is 2. The van der Waals surface area contributed by atoms with Crippen molar-refractivity contribution in [1.82, 2.24) is 14.4 Å². The van der Waals surface area contributed by atoms with Gasteiger partial charge in [0.15, 0.2) is 10.8 Å². The van der Waals surface area contributed by atoms with Gasteiger partial charge in [0.1, 0.15) is 3.70 Å². The Morgan fingerprint density at radius 3 is 3.00 bits per heavy atom. The van der Waals surface area contributed by atoms with E-state index >= 15 is 0 Å². The second-order valence-electron chi connectivity index (χ2n) is 1.99. The largest absolute Gasteiger partial charge is 0.291 e. The lowest BCUT2D eigenvalue weighted by molar-refractivity contribution is 1.10. The van der Waals surface area contributed by atoms with Gasteiger partial charge in [0.05, 0.1) is 6.20 Å². The highest BCUT2D eigenvalue weighted by atomic mass is 127. The summed E-state index contributed by atoms with van der Waals surface area (Å²) >= 11 is 7.96. The standard InChI is InChI=1S/C6H3ClIN3/c7-5-6-10-3-4(8)11(6)2-1-9-5/h1-3H. The Hall–Kier alpha value is -0.360. The molecule has 0 bridgehead atoms. The van der Waals surface area contributed by atoms with Crippen molar-refractivity contribution >= 4 is 39.8 Å². The van der Waals surface area contributed by atoms with Crippen molar-refractivity contribution in [2.75, 3.05) is 0 Å². The van der Waals surface area contributed by atoms with Crippen LogP contribution in [0, 0.1) is 3.70 Å². The Morgan fingerprint density at radius 2 is 2.27 bits per heavy atom. The summed E-state index contributed by atoms with van der Waals surface area (Å²) in [5, 5.41) is 0.440. The average Bonchev–Trinajstić information content (AvgIpc) is 2.35. The van der Waals surface area contributed by atoms with E-state index < -0.39 is 0 Å². The minimum Gasteiger partial charge on any atom is -0.291 e. The maximum absolute atomic E-state index is 5.77. The third-order valence-electron chi connectivity index (χ3n) is 1.34. The quantitative estimate of drug-likeness (QED) is 0.690.